The lowest BCUT2D eigenvalue weighted by Crippen LogP contribution is -2.02. The zero-order valence-corrected chi connectivity index (χ0v) is 8.74. The van der Waals surface area contributed by atoms with Crippen molar-refractivity contribution in [2.75, 3.05) is 0 Å². The van der Waals surface area contributed by atoms with E-state index in [1.165, 1.54) is 0 Å². The fourth-order valence-electron chi connectivity index (χ4n) is 0.806. The molecule has 0 aliphatic rings. The monoisotopic (exact) mass is 287 g/mol. The average Bonchev–Trinajstić information content (AvgIpc) is 2.07. The van der Waals surface area contributed by atoms with Crippen LogP contribution >= 0.6 is 27.5 Å². The van der Waals surface area contributed by atoms with Gasteiger partial charge >= 0.3 is 0 Å². The predicted octanol–water partition coefficient (Wildman–Crippen LogP) is 3.30. The number of nitrogens with zero attached hydrogens (tertiary/aromatic N) is 1. The van der Waals surface area contributed by atoms with Gasteiger partial charge in [-0.2, -0.15) is 4.39 Å². The molecule has 7 heteroatoms. The Morgan fingerprint density at radius 1 is 1.57 bits per heavy atom. The minimum absolute atomic E-state index is 0.283. The summed E-state index contributed by atoms with van der Waals surface area (Å²) in [5.74, 6) is -1.17. The third-order valence-corrected chi connectivity index (χ3v) is 2.39. The largest absolute Gasteiger partial charge is 0.274 e. The van der Waals surface area contributed by atoms with Gasteiger partial charge in [0.15, 0.2) is 0 Å². The first-order chi connectivity index (χ1) is 6.43. The summed E-state index contributed by atoms with van der Waals surface area (Å²) in [5, 5.41) is -1.10. The highest BCUT2D eigenvalue weighted by Gasteiger charge is 2.20. The van der Waals surface area contributed by atoms with E-state index in [1.807, 2.05) is 0 Å². The molecule has 0 saturated heterocycles. The molecule has 0 saturated carbocycles. The molecule has 0 spiro atoms. The van der Waals surface area contributed by atoms with Crippen molar-refractivity contribution in [2.45, 2.75) is 6.43 Å². The van der Waals surface area contributed by atoms with E-state index in [0.717, 1.165) is 0 Å². The molecule has 76 valence electrons. The molecule has 2 nitrogen and oxygen atoms in total. The first kappa shape index (κ1) is 11.5. The maximum atomic E-state index is 12.7. The minimum Gasteiger partial charge on any atom is -0.274 e. The van der Waals surface area contributed by atoms with Crippen LogP contribution in [0.5, 0.6) is 0 Å². The van der Waals surface area contributed by atoms with Gasteiger partial charge in [0, 0.05) is 11.6 Å². The van der Waals surface area contributed by atoms with Gasteiger partial charge in [-0.3, -0.25) is 4.79 Å². The van der Waals surface area contributed by atoms with Gasteiger partial charge in [0.05, 0.1) is 4.47 Å². The van der Waals surface area contributed by atoms with Crippen LogP contribution in [0.3, 0.4) is 0 Å². The number of halogens is 5. The number of aromatic nitrogens is 1. The second-order valence-corrected chi connectivity index (χ2v) is 3.41. The highest BCUT2D eigenvalue weighted by atomic mass is 79.9. The Bertz CT molecular complexity index is 385. The van der Waals surface area contributed by atoms with Crippen LogP contribution in [0, 0.1) is 5.95 Å². The number of carbonyl (C=O) groups is 1. The zero-order chi connectivity index (χ0) is 10.9. The number of hydrogen-bond donors (Lipinski definition) is 0. The summed E-state index contributed by atoms with van der Waals surface area (Å²) in [5.41, 5.74) is -1.21. The second-order valence-electron chi connectivity index (χ2n) is 2.27. The number of carbonyl (C=O) groups excluding carboxylic acids is 1. The van der Waals surface area contributed by atoms with Crippen molar-refractivity contribution < 1.29 is 18.0 Å². The van der Waals surface area contributed by atoms with Crippen LogP contribution in [0.25, 0.3) is 0 Å². The van der Waals surface area contributed by atoms with E-state index < -0.39 is 28.9 Å². The van der Waals surface area contributed by atoms with Crippen LogP contribution in [0.1, 0.15) is 22.5 Å². The summed E-state index contributed by atoms with van der Waals surface area (Å²) in [4.78, 5) is 13.7. The van der Waals surface area contributed by atoms with Crippen molar-refractivity contribution in [1.29, 1.82) is 0 Å². The van der Waals surface area contributed by atoms with E-state index in [0.29, 0.717) is 6.07 Å². The molecule has 0 unspecified atom stereocenters. The lowest BCUT2D eigenvalue weighted by atomic mass is 10.2. The predicted molar refractivity (Wildman–Crippen MR) is 47.0 cm³/mol. The van der Waals surface area contributed by atoms with Gasteiger partial charge in [-0.05, 0) is 27.5 Å². The molecule has 0 aliphatic carbocycles. The molecule has 0 fully saturated rings. The van der Waals surface area contributed by atoms with E-state index in [1.54, 1.807) is 0 Å². The van der Waals surface area contributed by atoms with Gasteiger partial charge in [0.1, 0.15) is 5.69 Å². The van der Waals surface area contributed by atoms with Crippen molar-refractivity contribution in [1.82, 2.24) is 4.98 Å². The Balaban J connectivity index is 3.40. The van der Waals surface area contributed by atoms with Crippen LogP contribution in [-0.2, 0) is 0 Å². The SMILES string of the molecule is O=C(Cl)c1nc(F)cc(C(F)F)c1Br. The Morgan fingerprint density at radius 2 is 2.14 bits per heavy atom. The second kappa shape index (κ2) is 4.27. The zero-order valence-electron chi connectivity index (χ0n) is 6.40. The first-order valence-corrected chi connectivity index (χ1v) is 4.44. The topological polar surface area (TPSA) is 30.0 Å². The summed E-state index contributed by atoms with van der Waals surface area (Å²) in [7, 11) is 0. The van der Waals surface area contributed by atoms with E-state index in [4.69, 9.17) is 11.6 Å². The number of hydrogen-bond acceptors (Lipinski definition) is 2. The van der Waals surface area contributed by atoms with E-state index in [9.17, 15) is 18.0 Å². The van der Waals surface area contributed by atoms with Crippen molar-refractivity contribution in [3.8, 4) is 0 Å². The Kier molecular flexibility index (Phi) is 3.49. The van der Waals surface area contributed by atoms with E-state index >= 15 is 0 Å². The number of pyridine rings is 1. The standard InChI is InChI=1S/C7H2BrClF3NO/c8-4-2(7(11)12)1-3(10)13-5(4)6(9)14/h1,7H. The lowest BCUT2D eigenvalue weighted by Gasteiger charge is -2.05. The summed E-state index contributed by atoms with van der Waals surface area (Å²) < 4.78 is 36.9. The quantitative estimate of drug-likeness (QED) is 0.617. The maximum Gasteiger partial charge on any atom is 0.272 e. The van der Waals surface area contributed by atoms with E-state index in [-0.39, 0.29) is 4.47 Å². The molecule has 1 aromatic heterocycles. The maximum absolute atomic E-state index is 12.7. The highest BCUT2D eigenvalue weighted by molar-refractivity contribution is 9.10. The molecule has 1 heterocycles. The van der Waals surface area contributed by atoms with Crippen LogP contribution in [0.2, 0.25) is 0 Å². The Morgan fingerprint density at radius 3 is 2.57 bits per heavy atom. The summed E-state index contributed by atoms with van der Waals surface area (Å²) in [6.07, 6.45) is -2.91. The number of rotatable bonds is 2. The molecule has 0 aromatic carbocycles. The van der Waals surface area contributed by atoms with Gasteiger partial charge in [-0.1, -0.05) is 0 Å². The molecule has 0 bridgehead atoms. The van der Waals surface area contributed by atoms with Gasteiger partial charge in [0.2, 0.25) is 5.95 Å². The molecule has 1 aromatic rings. The van der Waals surface area contributed by atoms with E-state index in [2.05, 4.69) is 20.9 Å². The molecule has 1 rings (SSSR count). The molecular weight excluding hydrogens is 286 g/mol. The van der Waals surface area contributed by atoms with Gasteiger partial charge in [-0.25, -0.2) is 13.8 Å². The number of alkyl halides is 2. The van der Waals surface area contributed by atoms with Gasteiger partial charge in [-0.15, -0.1) is 0 Å². The van der Waals surface area contributed by atoms with Crippen molar-refractivity contribution in [3.05, 3.63) is 27.7 Å². The molecule has 0 N–H and O–H groups in total. The molecule has 0 atom stereocenters. The smallest absolute Gasteiger partial charge is 0.272 e. The normalized spacial score (nSPS) is 10.7. The summed E-state index contributed by atoms with van der Waals surface area (Å²) >= 11 is 7.72. The molecule has 0 aliphatic heterocycles. The summed E-state index contributed by atoms with van der Waals surface area (Å²) in [6, 6.07) is 0.540. The van der Waals surface area contributed by atoms with Crippen molar-refractivity contribution in [3.63, 3.8) is 0 Å². The minimum atomic E-state index is -2.91. The third-order valence-electron chi connectivity index (χ3n) is 1.38. The fraction of sp³-hybridized carbons (Fsp3) is 0.143. The fourth-order valence-corrected chi connectivity index (χ4v) is 1.61. The molecule has 0 radical (unpaired) electrons. The lowest BCUT2D eigenvalue weighted by molar-refractivity contribution is 0.107. The van der Waals surface area contributed by atoms with Crippen LogP contribution < -0.4 is 0 Å². The third kappa shape index (κ3) is 2.24. The van der Waals surface area contributed by atoms with Gasteiger partial charge in [0.25, 0.3) is 11.7 Å². The summed E-state index contributed by atoms with van der Waals surface area (Å²) in [6.45, 7) is 0. The van der Waals surface area contributed by atoms with Crippen LogP contribution in [0.4, 0.5) is 13.2 Å². The molecule has 14 heavy (non-hydrogen) atoms. The van der Waals surface area contributed by atoms with Gasteiger partial charge < -0.3 is 0 Å². The van der Waals surface area contributed by atoms with Crippen LogP contribution in [0.15, 0.2) is 10.5 Å². The molecule has 0 amide bonds. The highest BCUT2D eigenvalue weighted by Crippen LogP contribution is 2.30. The molecular formula is C7H2BrClF3NO. The van der Waals surface area contributed by atoms with Crippen LogP contribution in [-0.4, -0.2) is 10.2 Å². The first-order valence-electron chi connectivity index (χ1n) is 3.27. The van der Waals surface area contributed by atoms with Crippen molar-refractivity contribution >= 4 is 32.8 Å². The Hall–Kier alpha value is -0.620. The average molecular weight is 288 g/mol. The van der Waals surface area contributed by atoms with Crippen molar-refractivity contribution in [2.24, 2.45) is 0 Å². The Labute approximate surface area is 90.2 Å².